The Morgan fingerprint density at radius 1 is 1.05 bits per heavy atom. The Hall–Kier alpha value is -1.59. The molecule has 2 amide bonds. The van der Waals surface area contributed by atoms with Gasteiger partial charge in [0, 0.05) is 25.4 Å². The number of hydrogen-bond acceptors (Lipinski definition) is 3. The maximum atomic E-state index is 11.8. The maximum Gasteiger partial charge on any atom is 0.308 e. The van der Waals surface area contributed by atoms with Crippen LogP contribution >= 0.6 is 0 Å². The fourth-order valence-corrected chi connectivity index (χ4v) is 2.18. The minimum Gasteiger partial charge on any atom is -0.481 e. The molecule has 6 nitrogen and oxygen atoms in total. The fraction of sp³-hybridized carbons (Fsp3) is 0.812. The quantitative estimate of drug-likeness (QED) is 0.481. The summed E-state index contributed by atoms with van der Waals surface area (Å²) in [6.45, 7) is 5.90. The van der Waals surface area contributed by atoms with Gasteiger partial charge in [0.05, 0.1) is 5.92 Å². The average Bonchev–Trinajstić information content (AvgIpc) is 2.43. The van der Waals surface area contributed by atoms with Crippen molar-refractivity contribution in [3.05, 3.63) is 0 Å². The van der Waals surface area contributed by atoms with Crippen LogP contribution in [0.1, 0.15) is 65.7 Å². The van der Waals surface area contributed by atoms with Crippen molar-refractivity contribution in [3.8, 4) is 0 Å². The number of rotatable bonds is 12. The highest BCUT2D eigenvalue weighted by Gasteiger charge is 2.18. The molecule has 0 saturated carbocycles. The van der Waals surface area contributed by atoms with Gasteiger partial charge in [-0.05, 0) is 19.8 Å². The highest BCUT2D eigenvalue weighted by atomic mass is 16.4. The van der Waals surface area contributed by atoms with Crippen molar-refractivity contribution in [2.45, 2.75) is 71.8 Å². The van der Waals surface area contributed by atoms with Crippen molar-refractivity contribution >= 4 is 17.8 Å². The number of carbonyl (C=O) groups is 3. The third-order valence-corrected chi connectivity index (χ3v) is 3.44. The molecule has 2 unspecified atom stereocenters. The predicted molar refractivity (Wildman–Crippen MR) is 85.4 cm³/mol. The Morgan fingerprint density at radius 2 is 1.73 bits per heavy atom. The number of hydrogen-bond donors (Lipinski definition) is 3. The van der Waals surface area contributed by atoms with Crippen molar-refractivity contribution < 1.29 is 19.5 Å². The lowest BCUT2D eigenvalue weighted by Crippen LogP contribution is -2.39. The van der Waals surface area contributed by atoms with Gasteiger partial charge in [-0.15, -0.1) is 0 Å². The van der Waals surface area contributed by atoms with Crippen molar-refractivity contribution in [3.63, 3.8) is 0 Å². The van der Waals surface area contributed by atoms with E-state index in [0.717, 1.165) is 25.7 Å². The highest BCUT2D eigenvalue weighted by Crippen LogP contribution is 2.05. The molecule has 0 aliphatic heterocycles. The molecule has 2 atom stereocenters. The van der Waals surface area contributed by atoms with E-state index >= 15 is 0 Å². The van der Waals surface area contributed by atoms with Crippen LogP contribution in [0.25, 0.3) is 0 Å². The second-order valence-corrected chi connectivity index (χ2v) is 5.76. The van der Waals surface area contributed by atoms with Gasteiger partial charge in [0.2, 0.25) is 11.8 Å². The predicted octanol–water partition coefficient (Wildman–Crippen LogP) is 2.08. The molecule has 0 aliphatic rings. The smallest absolute Gasteiger partial charge is 0.308 e. The van der Waals surface area contributed by atoms with E-state index in [0.29, 0.717) is 12.8 Å². The minimum atomic E-state index is -0.889. The van der Waals surface area contributed by atoms with Crippen molar-refractivity contribution in [2.75, 3.05) is 6.54 Å². The molecule has 0 fully saturated rings. The lowest BCUT2D eigenvalue weighted by molar-refractivity contribution is -0.142. The zero-order valence-corrected chi connectivity index (χ0v) is 14.0. The average molecular weight is 314 g/mol. The molecule has 3 N–H and O–H groups in total. The number of nitrogens with one attached hydrogen (secondary N) is 2. The van der Waals surface area contributed by atoms with Crippen molar-refractivity contribution in [1.82, 2.24) is 10.6 Å². The zero-order chi connectivity index (χ0) is 17.0. The summed E-state index contributed by atoms with van der Waals surface area (Å²) in [6, 6.07) is -0.247. The summed E-state index contributed by atoms with van der Waals surface area (Å²) in [4.78, 5) is 34.4. The lowest BCUT2D eigenvalue weighted by Gasteiger charge is -2.16. The number of carbonyl (C=O) groups excluding carboxylic acids is 2. The van der Waals surface area contributed by atoms with Crippen LogP contribution in [0.2, 0.25) is 0 Å². The van der Waals surface area contributed by atoms with Crippen LogP contribution < -0.4 is 10.6 Å². The second kappa shape index (κ2) is 12.0. The molecule has 0 heterocycles. The first-order chi connectivity index (χ1) is 10.4. The molecule has 0 saturated heterocycles. The number of carboxylic acid groups (broad SMARTS) is 1. The Morgan fingerprint density at radius 3 is 2.27 bits per heavy atom. The summed E-state index contributed by atoms with van der Waals surface area (Å²) in [7, 11) is 0. The third-order valence-electron chi connectivity index (χ3n) is 3.44. The summed E-state index contributed by atoms with van der Waals surface area (Å²) in [5, 5.41) is 14.4. The monoisotopic (exact) mass is 314 g/mol. The van der Waals surface area contributed by atoms with Crippen LogP contribution in [-0.2, 0) is 14.4 Å². The van der Waals surface area contributed by atoms with Crippen LogP contribution in [0.5, 0.6) is 0 Å². The van der Waals surface area contributed by atoms with Gasteiger partial charge in [-0.1, -0.05) is 33.1 Å². The van der Waals surface area contributed by atoms with Gasteiger partial charge in [0.15, 0.2) is 0 Å². The second-order valence-electron chi connectivity index (χ2n) is 5.76. The van der Waals surface area contributed by atoms with E-state index in [1.165, 1.54) is 0 Å². The maximum absolute atomic E-state index is 11.8. The van der Waals surface area contributed by atoms with Gasteiger partial charge in [0.25, 0.3) is 0 Å². The topological polar surface area (TPSA) is 95.5 Å². The van der Waals surface area contributed by atoms with Crippen LogP contribution in [0.4, 0.5) is 0 Å². The number of carboxylic acids is 1. The summed E-state index contributed by atoms with van der Waals surface area (Å²) < 4.78 is 0. The van der Waals surface area contributed by atoms with E-state index in [-0.39, 0.29) is 30.8 Å². The largest absolute Gasteiger partial charge is 0.481 e. The molecule has 0 radical (unpaired) electrons. The molecule has 128 valence electrons. The van der Waals surface area contributed by atoms with Gasteiger partial charge in [-0.25, -0.2) is 0 Å². The van der Waals surface area contributed by atoms with Gasteiger partial charge in [0.1, 0.15) is 0 Å². The zero-order valence-electron chi connectivity index (χ0n) is 14.0. The fourth-order valence-electron chi connectivity index (χ4n) is 2.18. The molecule has 0 aliphatic carbocycles. The molecule has 0 spiro atoms. The molecule has 0 aromatic heterocycles. The number of amides is 2. The minimum absolute atomic E-state index is 0.0388. The third kappa shape index (κ3) is 10.2. The summed E-state index contributed by atoms with van der Waals surface area (Å²) in [6.07, 6.45) is 4.90. The standard InChI is InChI=1S/C16H30N2O4/c1-4-6-7-9-14(19)18-12(3)10-15(20)17-11-13(8-5-2)16(21)22/h12-13H,4-11H2,1-3H3,(H,17,20)(H,18,19)(H,21,22). The summed E-state index contributed by atoms with van der Waals surface area (Å²) in [5.74, 6) is -1.71. The Bertz CT molecular complexity index is 358. The summed E-state index contributed by atoms with van der Waals surface area (Å²) in [5.41, 5.74) is 0. The van der Waals surface area contributed by atoms with Crippen LogP contribution in [0, 0.1) is 5.92 Å². The Labute approximate surface area is 133 Å². The summed E-state index contributed by atoms with van der Waals surface area (Å²) >= 11 is 0. The van der Waals surface area contributed by atoms with E-state index < -0.39 is 11.9 Å². The molecule has 22 heavy (non-hydrogen) atoms. The van der Waals surface area contributed by atoms with E-state index in [1.54, 1.807) is 6.92 Å². The molecule has 6 heteroatoms. The molecular weight excluding hydrogens is 284 g/mol. The first-order valence-corrected chi connectivity index (χ1v) is 8.19. The van der Waals surface area contributed by atoms with E-state index in [1.807, 2.05) is 6.92 Å². The van der Waals surface area contributed by atoms with E-state index in [2.05, 4.69) is 17.6 Å². The van der Waals surface area contributed by atoms with Crippen LogP contribution in [-0.4, -0.2) is 35.5 Å². The Balaban J connectivity index is 3.99. The normalized spacial score (nSPS) is 13.2. The van der Waals surface area contributed by atoms with Crippen molar-refractivity contribution in [2.24, 2.45) is 5.92 Å². The lowest BCUT2D eigenvalue weighted by atomic mass is 10.0. The molecule has 0 bridgehead atoms. The van der Waals surface area contributed by atoms with E-state index in [4.69, 9.17) is 5.11 Å². The van der Waals surface area contributed by atoms with Gasteiger partial charge < -0.3 is 15.7 Å². The van der Waals surface area contributed by atoms with Crippen LogP contribution in [0.3, 0.4) is 0 Å². The molecule has 0 rings (SSSR count). The molecular formula is C16H30N2O4. The molecule has 0 aromatic rings. The van der Waals surface area contributed by atoms with Crippen LogP contribution in [0.15, 0.2) is 0 Å². The van der Waals surface area contributed by atoms with Gasteiger partial charge in [-0.2, -0.15) is 0 Å². The number of unbranched alkanes of at least 4 members (excludes halogenated alkanes) is 2. The highest BCUT2D eigenvalue weighted by molar-refractivity contribution is 5.80. The first kappa shape index (κ1) is 20.4. The Kier molecular flexibility index (Phi) is 11.1. The van der Waals surface area contributed by atoms with Gasteiger partial charge in [-0.3, -0.25) is 14.4 Å². The van der Waals surface area contributed by atoms with E-state index in [9.17, 15) is 14.4 Å². The number of aliphatic carboxylic acids is 1. The first-order valence-electron chi connectivity index (χ1n) is 8.19. The van der Waals surface area contributed by atoms with Gasteiger partial charge >= 0.3 is 5.97 Å². The van der Waals surface area contributed by atoms with Crippen molar-refractivity contribution in [1.29, 1.82) is 0 Å². The SMILES string of the molecule is CCCCCC(=O)NC(C)CC(=O)NCC(CCC)C(=O)O. The molecule has 0 aromatic carbocycles.